The highest BCUT2D eigenvalue weighted by atomic mass is 16.6. The molecule has 2 N–H and O–H groups in total. The summed E-state index contributed by atoms with van der Waals surface area (Å²) in [6.07, 6.45) is 2.63. The average Bonchev–Trinajstić information content (AvgIpc) is 2.76. The van der Waals surface area contributed by atoms with Crippen molar-refractivity contribution < 1.29 is 33.3 Å². The fraction of sp³-hybridized carbons (Fsp3) is 0.640. The Labute approximate surface area is 202 Å². The minimum atomic E-state index is -0.655. The molecule has 9 nitrogen and oxygen atoms in total. The van der Waals surface area contributed by atoms with Gasteiger partial charge in [0.15, 0.2) is 0 Å². The minimum Gasteiger partial charge on any atom is -0.494 e. The van der Waals surface area contributed by atoms with Gasteiger partial charge in [-0.25, -0.2) is 4.79 Å². The molecule has 1 amide bonds. The molecule has 9 heteroatoms. The number of nitrogens with one attached hydrogen (secondary N) is 2. The normalized spacial score (nSPS) is 11.9. The van der Waals surface area contributed by atoms with E-state index in [9.17, 15) is 14.4 Å². The predicted molar refractivity (Wildman–Crippen MR) is 129 cm³/mol. The van der Waals surface area contributed by atoms with Crippen molar-refractivity contribution in [2.24, 2.45) is 0 Å². The molecule has 34 heavy (non-hydrogen) atoms. The van der Waals surface area contributed by atoms with E-state index in [1.165, 1.54) is 5.56 Å². The lowest BCUT2D eigenvalue weighted by atomic mass is 10.1. The molecule has 0 aliphatic rings. The maximum absolute atomic E-state index is 12.1. The molecular weight excluding hydrogens is 440 g/mol. The lowest BCUT2D eigenvalue weighted by molar-refractivity contribution is -0.147. The number of unbranched alkanes of at least 4 members (excludes halogenated alkanes) is 1. The van der Waals surface area contributed by atoms with Crippen molar-refractivity contribution in [3.05, 3.63) is 29.8 Å². The summed E-state index contributed by atoms with van der Waals surface area (Å²) in [4.78, 5) is 35.3. The minimum absolute atomic E-state index is 0.0701. The Morgan fingerprint density at radius 2 is 1.65 bits per heavy atom. The molecule has 0 aromatic heterocycles. The van der Waals surface area contributed by atoms with Crippen molar-refractivity contribution in [3.63, 3.8) is 0 Å². The van der Waals surface area contributed by atoms with Gasteiger partial charge in [-0.3, -0.25) is 14.9 Å². The van der Waals surface area contributed by atoms with E-state index in [1.54, 1.807) is 13.8 Å². The average molecular weight is 481 g/mol. The molecule has 0 bridgehead atoms. The fourth-order valence-corrected chi connectivity index (χ4v) is 2.97. The molecule has 1 aromatic rings. The highest BCUT2D eigenvalue weighted by Gasteiger charge is 2.21. The summed E-state index contributed by atoms with van der Waals surface area (Å²) in [5, 5.41) is 5.63. The van der Waals surface area contributed by atoms with Crippen molar-refractivity contribution >= 4 is 18.0 Å². The first-order chi connectivity index (χ1) is 16.1. The summed E-state index contributed by atoms with van der Waals surface area (Å²) < 4.78 is 20.9. The first kappa shape index (κ1) is 29.2. The number of esters is 2. The largest absolute Gasteiger partial charge is 0.494 e. The van der Waals surface area contributed by atoms with E-state index in [0.29, 0.717) is 18.7 Å². The second-order valence-corrected chi connectivity index (χ2v) is 8.66. The molecule has 0 radical (unpaired) electrons. The zero-order valence-corrected chi connectivity index (χ0v) is 21.1. The monoisotopic (exact) mass is 480 g/mol. The fourth-order valence-electron chi connectivity index (χ4n) is 2.97. The Bertz CT molecular complexity index is 745. The summed E-state index contributed by atoms with van der Waals surface area (Å²) in [5.74, 6) is -0.149. The van der Waals surface area contributed by atoms with Gasteiger partial charge in [-0.2, -0.15) is 0 Å². The quantitative estimate of drug-likeness (QED) is 0.223. The van der Waals surface area contributed by atoms with Gasteiger partial charge in [0.25, 0.3) is 0 Å². The second-order valence-electron chi connectivity index (χ2n) is 8.66. The predicted octanol–water partition coefficient (Wildman–Crippen LogP) is 3.39. The molecule has 1 rings (SSSR count). The zero-order valence-electron chi connectivity index (χ0n) is 21.1. The van der Waals surface area contributed by atoms with Crippen LogP contribution in [-0.2, 0) is 30.2 Å². The zero-order chi connectivity index (χ0) is 25.4. The third-order valence-electron chi connectivity index (χ3n) is 4.53. The molecule has 1 atom stereocenters. The smallest absolute Gasteiger partial charge is 0.407 e. The Hall–Kier alpha value is -2.81. The van der Waals surface area contributed by atoms with Crippen LogP contribution in [0, 0.1) is 0 Å². The number of hydrogen-bond acceptors (Lipinski definition) is 8. The molecule has 0 saturated carbocycles. The second kappa shape index (κ2) is 15.9. The number of alkyl carbamates (subject to hydrolysis) is 1. The molecule has 0 aliphatic carbocycles. The summed E-state index contributed by atoms with van der Waals surface area (Å²) in [7, 11) is 0. The lowest BCUT2D eigenvalue weighted by Gasteiger charge is -2.19. The van der Waals surface area contributed by atoms with E-state index in [0.717, 1.165) is 19.3 Å². The van der Waals surface area contributed by atoms with Gasteiger partial charge >= 0.3 is 18.0 Å². The number of rotatable bonds is 15. The highest BCUT2D eigenvalue weighted by Crippen LogP contribution is 2.15. The number of carbonyl (C=O) groups is 3. The molecule has 0 fully saturated rings. The molecule has 1 aromatic carbocycles. The van der Waals surface area contributed by atoms with Crippen LogP contribution in [0.25, 0.3) is 0 Å². The van der Waals surface area contributed by atoms with Crippen LogP contribution in [0.4, 0.5) is 4.79 Å². The van der Waals surface area contributed by atoms with Gasteiger partial charge in [-0.15, -0.1) is 0 Å². The molecule has 0 spiro atoms. The molecule has 1 unspecified atom stereocenters. The topological polar surface area (TPSA) is 112 Å². The van der Waals surface area contributed by atoms with E-state index >= 15 is 0 Å². The molecular formula is C25H40N2O7. The summed E-state index contributed by atoms with van der Waals surface area (Å²) >= 11 is 0. The first-order valence-electron chi connectivity index (χ1n) is 11.9. The van der Waals surface area contributed by atoms with E-state index in [4.69, 9.17) is 18.9 Å². The van der Waals surface area contributed by atoms with E-state index in [-0.39, 0.29) is 26.4 Å². The van der Waals surface area contributed by atoms with Crippen LogP contribution in [-0.4, -0.2) is 62.6 Å². The standard InChI is InChI=1S/C25H40N2O7/c1-6-31-22(28)18-27-21(23(29)32-7-2)15-17-33-20-13-11-19(12-14-20)10-8-9-16-26-24(30)34-25(3,4)5/h11-14,21,27H,6-10,15-18H2,1-5H3,(H,26,30). The van der Waals surface area contributed by atoms with Gasteiger partial charge < -0.3 is 24.3 Å². The van der Waals surface area contributed by atoms with Crippen molar-refractivity contribution in [1.29, 1.82) is 0 Å². The summed E-state index contributed by atoms with van der Waals surface area (Å²) in [5.41, 5.74) is 0.678. The van der Waals surface area contributed by atoms with E-state index < -0.39 is 29.7 Å². The van der Waals surface area contributed by atoms with Gasteiger partial charge in [0.1, 0.15) is 17.4 Å². The maximum atomic E-state index is 12.1. The van der Waals surface area contributed by atoms with Crippen molar-refractivity contribution in [2.45, 2.75) is 71.9 Å². The van der Waals surface area contributed by atoms with Gasteiger partial charge in [0.05, 0.1) is 26.4 Å². The molecule has 0 heterocycles. The van der Waals surface area contributed by atoms with Crippen LogP contribution in [0.1, 0.15) is 59.4 Å². The number of amides is 1. The Balaban J connectivity index is 2.35. The number of ether oxygens (including phenoxy) is 4. The Kier molecular flexibility index (Phi) is 13.7. The lowest BCUT2D eigenvalue weighted by Crippen LogP contribution is -2.42. The van der Waals surface area contributed by atoms with Crippen LogP contribution < -0.4 is 15.4 Å². The Morgan fingerprint density at radius 3 is 2.26 bits per heavy atom. The van der Waals surface area contributed by atoms with E-state index in [2.05, 4.69) is 10.6 Å². The number of benzene rings is 1. The molecule has 0 saturated heterocycles. The van der Waals surface area contributed by atoms with Crippen LogP contribution >= 0.6 is 0 Å². The summed E-state index contributed by atoms with van der Waals surface area (Å²) in [6, 6.07) is 7.12. The van der Waals surface area contributed by atoms with Crippen LogP contribution in [0.3, 0.4) is 0 Å². The highest BCUT2D eigenvalue weighted by molar-refractivity contribution is 5.77. The number of aryl methyl sites for hydroxylation is 1. The van der Waals surface area contributed by atoms with Crippen molar-refractivity contribution in [3.8, 4) is 5.75 Å². The van der Waals surface area contributed by atoms with Crippen molar-refractivity contribution in [1.82, 2.24) is 10.6 Å². The van der Waals surface area contributed by atoms with Gasteiger partial charge in [0.2, 0.25) is 0 Å². The Morgan fingerprint density at radius 1 is 0.971 bits per heavy atom. The maximum Gasteiger partial charge on any atom is 0.407 e. The number of hydrogen-bond donors (Lipinski definition) is 2. The SMILES string of the molecule is CCOC(=O)CNC(CCOc1ccc(CCCCNC(=O)OC(C)(C)C)cc1)C(=O)OCC. The van der Waals surface area contributed by atoms with Crippen LogP contribution in [0.5, 0.6) is 5.75 Å². The van der Waals surface area contributed by atoms with Gasteiger partial charge in [0, 0.05) is 13.0 Å². The van der Waals surface area contributed by atoms with E-state index in [1.807, 2.05) is 45.0 Å². The van der Waals surface area contributed by atoms with Gasteiger partial charge in [-0.1, -0.05) is 12.1 Å². The third kappa shape index (κ3) is 13.7. The van der Waals surface area contributed by atoms with Crippen LogP contribution in [0.15, 0.2) is 24.3 Å². The first-order valence-corrected chi connectivity index (χ1v) is 11.9. The van der Waals surface area contributed by atoms with Crippen LogP contribution in [0.2, 0.25) is 0 Å². The van der Waals surface area contributed by atoms with Crippen molar-refractivity contribution in [2.75, 3.05) is 32.9 Å². The summed E-state index contributed by atoms with van der Waals surface area (Å²) in [6.45, 7) is 10.3. The third-order valence-corrected chi connectivity index (χ3v) is 4.53. The number of carbonyl (C=O) groups excluding carboxylic acids is 3. The molecule has 192 valence electrons. The molecule has 0 aliphatic heterocycles. The van der Waals surface area contributed by atoms with Gasteiger partial charge in [-0.05, 0) is 71.6 Å².